The van der Waals surface area contributed by atoms with Crippen LogP contribution in [-0.4, -0.2) is 18.1 Å². The highest BCUT2D eigenvalue weighted by Crippen LogP contribution is 2.10. The molecule has 120 valence electrons. The molecule has 0 aliphatic heterocycles. The number of hydrogen-bond acceptors (Lipinski definition) is 3. The Morgan fingerprint density at radius 1 is 1.00 bits per heavy atom. The number of carbonyl (C=O) groups is 2. The van der Waals surface area contributed by atoms with Gasteiger partial charge in [-0.05, 0) is 36.2 Å². The quantitative estimate of drug-likeness (QED) is 0.655. The van der Waals surface area contributed by atoms with E-state index < -0.39 is 12.2 Å². The zero-order chi connectivity index (χ0) is 16.7. The first kappa shape index (κ1) is 16.7. The molecule has 0 saturated heterocycles. The van der Waals surface area contributed by atoms with Gasteiger partial charge >= 0.3 is 5.97 Å². The largest absolute Gasteiger partial charge is 0.438 e. The van der Waals surface area contributed by atoms with Crippen LogP contribution in [0.4, 0.5) is 0 Å². The van der Waals surface area contributed by atoms with Crippen LogP contribution in [0, 0.1) is 0 Å². The van der Waals surface area contributed by atoms with Crippen LogP contribution >= 0.6 is 0 Å². The summed E-state index contributed by atoms with van der Waals surface area (Å²) in [5, 5.41) is 2.73. The van der Waals surface area contributed by atoms with Crippen molar-refractivity contribution < 1.29 is 14.3 Å². The summed E-state index contributed by atoms with van der Waals surface area (Å²) in [6, 6.07) is 16.2. The summed E-state index contributed by atoms with van der Waals surface area (Å²) in [5.41, 5.74) is 2.10. The smallest absolute Gasteiger partial charge is 0.340 e. The molecule has 1 N–H and O–H groups in total. The van der Waals surface area contributed by atoms with E-state index >= 15 is 0 Å². The number of benzene rings is 2. The van der Waals surface area contributed by atoms with Crippen LogP contribution in [0.15, 0.2) is 54.6 Å². The summed E-state index contributed by atoms with van der Waals surface area (Å²) in [6.07, 6.45) is 0.696. The molecule has 1 amide bonds. The van der Waals surface area contributed by atoms with E-state index in [0.717, 1.165) is 12.0 Å². The second-order valence-electron chi connectivity index (χ2n) is 5.20. The Morgan fingerprint density at radius 2 is 1.70 bits per heavy atom. The maximum Gasteiger partial charge on any atom is 0.340 e. The average Bonchev–Trinajstić information content (AvgIpc) is 2.61. The van der Waals surface area contributed by atoms with Gasteiger partial charge in [0.2, 0.25) is 0 Å². The number of hydrogen-bond donors (Lipinski definition) is 1. The Labute approximate surface area is 136 Å². The molecule has 0 aromatic heterocycles. The Kier molecular flexibility index (Phi) is 5.92. The molecule has 4 heteroatoms. The third-order valence-corrected chi connectivity index (χ3v) is 3.52. The van der Waals surface area contributed by atoms with Gasteiger partial charge in [-0.2, -0.15) is 0 Å². The highest BCUT2D eigenvalue weighted by Gasteiger charge is 2.17. The molecule has 2 aromatic rings. The van der Waals surface area contributed by atoms with Crippen molar-refractivity contribution in [1.82, 2.24) is 5.32 Å². The van der Waals surface area contributed by atoms with Crippen molar-refractivity contribution in [3.8, 4) is 0 Å². The molecule has 0 spiro atoms. The Bertz CT molecular complexity index is 667. The summed E-state index contributed by atoms with van der Waals surface area (Å²) >= 11 is 0. The second-order valence-corrected chi connectivity index (χ2v) is 5.20. The number of esters is 1. The summed E-state index contributed by atoms with van der Waals surface area (Å²) in [7, 11) is 0. The summed E-state index contributed by atoms with van der Waals surface area (Å²) in [4.78, 5) is 24.4. The van der Waals surface area contributed by atoms with Crippen LogP contribution in [0.2, 0.25) is 0 Å². The van der Waals surface area contributed by atoms with Gasteiger partial charge in [0, 0.05) is 12.0 Å². The minimum atomic E-state index is -0.652. The van der Waals surface area contributed by atoms with Crippen molar-refractivity contribution >= 4 is 11.9 Å². The highest BCUT2D eigenvalue weighted by molar-refractivity contribution is 5.94. The van der Waals surface area contributed by atoms with Gasteiger partial charge in [0.1, 0.15) is 0 Å². The molecule has 1 unspecified atom stereocenters. The van der Waals surface area contributed by atoms with E-state index in [9.17, 15) is 9.59 Å². The van der Waals surface area contributed by atoms with Gasteiger partial charge in [-0.1, -0.05) is 44.2 Å². The first-order valence-electron chi connectivity index (χ1n) is 7.79. The SMILES string of the molecule is CCc1cccc(C(=O)OC(CC)NC(=O)c2ccccc2)c1. The first-order chi connectivity index (χ1) is 11.1. The van der Waals surface area contributed by atoms with Crippen molar-refractivity contribution in [1.29, 1.82) is 0 Å². The number of carbonyl (C=O) groups excluding carboxylic acids is 2. The van der Waals surface area contributed by atoms with Gasteiger partial charge in [-0.15, -0.1) is 0 Å². The number of aryl methyl sites for hydroxylation is 1. The molecule has 2 rings (SSSR count). The molecule has 0 saturated carbocycles. The van der Waals surface area contributed by atoms with Crippen LogP contribution in [0.1, 0.15) is 46.5 Å². The fourth-order valence-electron chi connectivity index (χ4n) is 2.15. The van der Waals surface area contributed by atoms with Gasteiger partial charge in [-0.3, -0.25) is 4.79 Å². The van der Waals surface area contributed by atoms with Crippen LogP contribution in [0.25, 0.3) is 0 Å². The third kappa shape index (κ3) is 4.68. The monoisotopic (exact) mass is 311 g/mol. The van der Waals surface area contributed by atoms with E-state index in [-0.39, 0.29) is 5.91 Å². The summed E-state index contributed by atoms with van der Waals surface area (Å²) < 4.78 is 5.41. The van der Waals surface area contributed by atoms with Gasteiger partial charge in [0.05, 0.1) is 5.56 Å². The molecule has 23 heavy (non-hydrogen) atoms. The van der Waals surface area contributed by atoms with E-state index in [2.05, 4.69) is 5.32 Å². The van der Waals surface area contributed by atoms with E-state index in [4.69, 9.17) is 4.74 Å². The van der Waals surface area contributed by atoms with E-state index in [1.807, 2.05) is 38.1 Å². The maximum atomic E-state index is 12.2. The minimum Gasteiger partial charge on any atom is -0.438 e. The highest BCUT2D eigenvalue weighted by atomic mass is 16.6. The van der Waals surface area contributed by atoms with Gasteiger partial charge in [-0.25, -0.2) is 4.79 Å². The van der Waals surface area contributed by atoms with E-state index in [1.54, 1.807) is 30.3 Å². The molecule has 2 aromatic carbocycles. The predicted molar refractivity (Wildman–Crippen MR) is 89.2 cm³/mol. The molecule has 0 radical (unpaired) electrons. The molecule has 4 nitrogen and oxygen atoms in total. The lowest BCUT2D eigenvalue weighted by molar-refractivity contribution is 0.0206. The number of nitrogens with one attached hydrogen (secondary N) is 1. The third-order valence-electron chi connectivity index (χ3n) is 3.52. The molecule has 0 aliphatic carbocycles. The van der Waals surface area contributed by atoms with Gasteiger partial charge in [0.15, 0.2) is 6.23 Å². The van der Waals surface area contributed by atoms with Crippen molar-refractivity contribution in [2.75, 3.05) is 0 Å². The molecule has 0 bridgehead atoms. The normalized spacial score (nSPS) is 11.6. The minimum absolute atomic E-state index is 0.257. The van der Waals surface area contributed by atoms with Crippen LogP contribution in [-0.2, 0) is 11.2 Å². The zero-order valence-corrected chi connectivity index (χ0v) is 13.4. The zero-order valence-electron chi connectivity index (χ0n) is 13.4. The Balaban J connectivity index is 2.01. The van der Waals surface area contributed by atoms with Crippen LogP contribution < -0.4 is 5.32 Å². The number of ether oxygens (including phenoxy) is 1. The number of rotatable bonds is 6. The lowest BCUT2D eigenvalue weighted by atomic mass is 10.1. The van der Waals surface area contributed by atoms with Crippen molar-refractivity contribution in [2.45, 2.75) is 32.9 Å². The average molecular weight is 311 g/mol. The summed E-state index contributed by atoms with van der Waals surface area (Å²) in [5.74, 6) is -0.687. The van der Waals surface area contributed by atoms with Crippen LogP contribution in [0.5, 0.6) is 0 Å². The molecule has 0 heterocycles. The maximum absolute atomic E-state index is 12.2. The van der Waals surface area contributed by atoms with E-state index in [1.165, 1.54) is 0 Å². The fourth-order valence-corrected chi connectivity index (χ4v) is 2.15. The van der Waals surface area contributed by atoms with Crippen molar-refractivity contribution in [3.63, 3.8) is 0 Å². The standard InChI is InChI=1S/C19H21NO3/c1-3-14-9-8-12-16(13-14)19(22)23-17(4-2)20-18(21)15-10-6-5-7-11-15/h5-13,17H,3-4H2,1-2H3,(H,20,21). The number of amides is 1. The topological polar surface area (TPSA) is 55.4 Å². The van der Waals surface area contributed by atoms with Gasteiger partial charge < -0.3 is 10.1 Å². The Morgan fingerprint density at radius 3 is 2.35 bits per heavy atom. The van der Waals surface area contributed by atoms with Crippen molar-refractivity contribution in [2.24, 2.45) is 0 Å². The fraction of sp³-hybridized carbons (Fsp3) is 0.263. The lowest BCUT2D eigenvalue weighted by Crippen LogP contribution is -2.38. The Hall–Kier alpha value is -2.62. The van der Waals surface area contributed by atoms with Gasteiger partial charge in [0.25, 0.3) is 5.91 Å². The molecule has 1 atom stereocenters. The molecular formula is C19H21NO3. The van der Waals surface area contributed by atoms with Crippen molar-refractivity contribution in [3.05, 3.63) is 71.3 Å². The molecule has 0 fully saturated rings. The lowest BCUT2D eigenvalue weighted by Gasteiger charge is -2.18. The first-order valence-corrected chi connectivity index (χ1v) is 7.79. The van der Waals surface area contributed by atoms with Crippen LogP contribution in [0.3, 0.4) is 0 Å². The molecule has 0 aliphatic rings. The molecular weight excluding hydrogens is 290 g/mol. The predicted octanol–water partition coefficient (Wildman–Crippen LogP) is 3.57. The van der Waals surface area contributed by atoms with E-state index in [0.29, 0.717) is 17.5 Å². The summed E-state index contributed by atoms with van der Waals surface area (Å²) in [6.45, 7) is 3.88. The second kappa shape index (κ2) is 8.13.